The van der Waals surface area contributed by atoms with E-state index in [-0.39, 0.29) is 11.9 Å². The number of piperazine rings is 1. The molecule has 4 rings (SSSR count). The molecule has 3 heterocycles. The van der Waals surface area contributed by atoms with Crippen LogP contribution in [-0.2, 0) is 11.3 Å². The fourth-order valence-electron chi connectivity index (χ4n) is 4.08. The molecule has 1 aromatic heterocycles. The number of hydrogen-bond acceptors (Lipinski definition) is 7. The smallest absolute Gasteiger partial charge is 0.241 e. The Balaban J connectivity index is 1.25. The lowest BCUT2D eigenvalue weighted by Crippen LogP contribution is -2.53. The zero-order chi connectivity index (χ0) is 21.1. The summed E-state index contributed by atoms with van der Waals surface area (Å²) in [6, 6.07) is 7.61. The van der Waals surface area contributed by atoms with E-state index in [1.165, 1.54) is 0 Å². The van der Waals surface area contributed by atoms with Crippen LogP contribution in [0, 0.1) is 5.92 Å². The average Bonchev–Trinajstić information content (AvgIpc) is 3.38. The van der Waals surface area contributed by atoms with Crippen LogP contribution in [-0.4, -0.2) is 64.1 Å². The molecule has 0 bridgehead atoms. The Labute approximate surface area is 181 Å². The van der Waals surface area contributed by atoms with Gasteiger partial charge < -0.3 is 9.42 Å². The number of benzene rings is 1. The molecule has 2 fully saturated rings. The van der Waals surface area contributed by atoms with Crippen LogP contribution >= 0.6 is 11.6 Å². The molecule has 9 heteroatoms. The van der Waals surface area contributed by atoms with Crippen molar-refractivity contribution in [3.05, 3.63) is 35.2 Å². The van der Waals surface area contributed by atoms with Crippen molar-refractivity contribution >= 4 is 17.5 Å². The molecular weight excluding hydrogens is 404 g/mol. The molecule has 162 valence electrons. The Morgan fingerprint density at radius 1 is 1.20 bits per heavy atom. The minimum Gasteiger partial charge on any atom is -0.339 e. The number of rotatable bonds is 6. The van der Waals surface area contributed by atoms with Crippen LogP contribution in [0.15, 0.2) is 28.8 Å². The second kappa shape index (κ2) is 9.43. The third-order valence-corrected chi connectivity index (χ3v) is 5.90. The van der Waals surface area contributed by atoms with Crippen molar-refractivity contribution in [1.82, 2.24) is 30.8 Å². The topological polar surface area (TPSA) is 86.5 Å². The van der Waals surface area contributed by atoms with Crippen LogP contribution in [0.25, 0.3) is 11.4 Å². The van der Waals surface area contributed by atoms with Gasteiger partial charge in [-0.15, -0.1) is 0 Å². The molecule has 2 unspecified atom stereocenters. The van der Waals surface area contributed by atoms with Crippen LogP contribution in [0.4, 0.5) is 0 Å². The molecule has 0 aliphatic carbocycles. The average molecular weight is 433 g/mol. The van der Waals surface area contributed by atoms with Gasteiger partial charge in [0.25, 0.3) is 0 Å². The van der Waals surface area contributed by atoms with Crippen molar-refractivity contribution in [2.45, 2.75) is 45.3 Å². The van der Waals surface area contributed by atoms with Crippen LogP contribution in [0.5, 0.6) is 0 Å². The van der Waals surface area contributed by atoms with Crippen molar-refractivity contribution in [3.8, 4) is 11.4 Å². The summed E-state index contributed by atoms with van der Waals surface area (Å²) in [6.45, 7) is 8.01. The van der Waals surface area contributed by atoms with Gasteiger partial charge in [-0.2, -0.15) is 4.98 Å². The lowest BCUT2D eigenvalue weighted by atomic mass is 9.99. The van der Waals surface area contributed by atoms with Gasteiger partial charge in [0.05, 0.1) is 6.54 Å². The fraction of sp³-hybridized carbons (Fsp3) is 0.571. The number of nitrogens with zero attached hydrogens (tertiary/aromatic N) is 4. The zero-order valence-corrected chi connectivity index (χ0v) is 18.2. The van der Waals surface area contributed by atoms with Gasteiger partial charge in [0.15, 0.2) is 0 Å². The monoisotopic (exact) mass is 432 g/mol. The molecule has 2 aromatic rings. The highest BCUT2D eigenvalue weighted by Gasteiger charge is 2.33. The Hall–Kier alpha value is -2.00. The standard InChI is InChI=1S/C21H29ClN6O2/c1-14(2)11-17-12-18(25-24-17)21(29)28-9-7-27(8-10-28)13-19-23-20(26-30-19)15-3-5-16(22)6-4-15/h3-6,14,17-18,24-25H,7-13H2,1-2H3. The van der Waals surface area contributed by atoms with E-state index < -0.39 is 0 Å². The number of hydrogen-bond donors (Lipinski definition) is 2. The van der Waals surface area contributed by atoms with E-state index in [4.69, 9.17) is 16.1 Å². The largest absolute Gasteiger partial charge is 0.339 e. The first kappa shape index (κ1) is 21.2. The molecule has 1 aromatic carbocycles. The summed E-state index contributed by atoms with van der Waals surface area (Å²) in [5.74, 6) is 1.95. The van der Waals surface area contributed by atoms with Gasteiger partial charge in [-0.25, -0.2) is 5.43 Å². The predicted octanol–water partition coefficient (Wildman–Crippen LogP) is 2.32. The summed E-state index contributed by atoms with van der Waals surface area (Å²) >= 11 is 5.93. The highest BCUT2D eigenvalue weighted by molar-refractivity contribution is 6.30. The summed E-state index contributed by atoms with van der Waals surface area (Å²) in [5, 5.41) is 4.74. The van der Waals surface area contributed by atoms with Gasteiger partial charge >= 0.3 is 0 Å². The lowest BCUT2D eigenvalue weighted by Gasteiger charge is -2.35. The first-order chi connectivity index (χ1) is 14.5. The van der Waals surface area contributed by atoms with Crippen LogP contribution in [0.3, 0.4) is 0 Å². The Kier molecular flexibility index (Phi) is 6.67. The van der Waals surface area contributed by atoms with E-state index in [2.05, 4.69) is 39.7 Å². The van der Waals surface area contributed by atoms with E-state index in [0.29, 0.717) is 48.3 Å². The van der Waals surface area contributed by atoms with Gasteiger partial charge in [0.2, 0.25) is 17.6 Å². The quantitative estimate of drug-likeness (QED) is 0.724. The Morgan fingerprint density at radius 3 is 2.63 bits per heavy atom. The normalized spacial score (nSPS) is 22.7. The van der Waals surface area contributed by atoms with E-state index >= 15 is 0 Å². The van der Waals surface area contributed by atoms with Crippen molar-refractivity contribution in [2.24, 2.45) is 5.92 Å². The van der Waals surface area contributed by atoms with Crippen molar-refractivity contribution < 1.29 is 9.32 Å². The molecule has 2 atom stereocenters. The summed E-state index contributed by atoms with van der Waals surface area (Å²) < 4.78 is 5.42. The molecule has 0 radical (unpaired) electrons. The fourth-order valence-corrected chi connectivity index (χ4v) is 4.21. The minimum atomic E-state index is -0.127. The van der Waals surface area contributed by atoms with Crippen molar-refractivity contribution in [2.75, 3.05) is 26.2 Å². The molecule has 8 nitrogen and oxygen atoms in total. The zero-order valence-electron chi connectivity index (χ0n) is 17.5. The first-order valence-corrected chi connectivity index (χ1v) is 11.0. The molecule has 0 saturated carbocycles. The number of carbonyl (C=O) groups excluding carboxylic acids is 1. The van der Waals surface area contributed by atoms with E-state index in [9.17, 15) is 4.79 Å². The molecule has 2 N–H and O–H groups in total. The van der Waals surface area contributed by atoms with Gasteiger partial charge in [-0.1, -0.05) is 30.6 Å². The maximum absolute atomic E-state index is 12.8. The van der Waals surface area contributed by atoms with Gasteiger partial charge in [-0.05, 0) is 43.0 Å². The lowest BCUT2D eigenvalue weighted by molar-refractivity contribution is -0.135. The number of carbonyl (C=O) groups is 1. The van der Waals surface area contributed by atoms with E-state index in [0.717, 1.165) is 31.5 Å². The molecule has 2 aliphatic heterocycles. The third kappa shape index (κ3) is 5.18. The maximum Gasteiger partial charge on any atom is 0.241 e. The molecule has 0 spiro atoms. The number of nitrogens with one attached hydrogen (secondary N) is 2. The van der Waals surface area contributed by atoms with Crippen molar-refractivity contribution in [1.29, 1.82) is 0 Å². The third-order valence-electron chi connectivity index (χ3n) is 5.65. The number of halogens is 1. The second-order valence-corrected chi connectivity index (χ2v) is 8.96. The predicted molar refractivity (Wildman–Crippen MR) is 115 cm³/mol. The summed E-state index contributed by atoms with van der Waals surface area (Å²) in [6.07, 6.45) is 1.93. The number of aromatic nitrogens is 2. The number of hydrazine groups is 1. The van der Waals surface area contributed by atoms with Gasteiger partial charge in [0.1, 0.15) is 6.04 Å². The summed E-state index contributed by atoms with van der Waals surface area (Å²) in [7, 11) is 0. The Morgan fingerprint density at radius 2 is 1.93 bits per heavy atom. The second-order valence-electron chi connectivity index (χ2n) is 8.52. The molecule has 30 heavy (non-hydrogen) atoms. The molecule has 2 aliphatic rings. The highest BCUT2D eigenvalue weighted by atomic mass is 35.5. The van der Waals surface area contributed by atoms with Gasteiger partial charge in [0, 0.05) is 42.8 Å². The Bertz CT molecular complexity index is 847. The summed E-state index contributed by atoms with van der Waals surface area (Å²) in [4.78, 5) is 21.5. The van der Waals surface area contributed by atoms with Crippen molar-refractivity contribution in [3.63, 3.8) is 0 Å². The maximum atomic E-state index is 12.8. The summed E-state index contributed by atoms with van der Waals surface area (Å²) in [5.41, 5.74) is 7.33. The van der Waals surface area contributed by atoms with E-state index in [1.807, 2.05) is 29.2 Å². The number of amides is 1. The highest BCUT2D eigenvalue weighted by Crippen LogP contribution is 2.20. The van der Waals surface area contributed by atoms with Crippen LogP contribution in [0.1, 0.15) is 32.6 Å². The minimum absolute atomic E-state index is 0.127. The van der Waals surface area contributed by atoms with Crippen LogP contribution in [0.2, 0.25) is 5.02 Å². The SMILES string of the molecule is CC(C)CC1CC(C(=O)N2CCN(Cc3nc(-c4ccc(Cl)cc4)no3)CC2)NN1. The first-order valence-electron chi connectivity index (χ1n) is 10.6. The van der Waals surface area contributed by atoms with Crippen LogP contribution < -0.4 is 10.9 Å². The molecule has 1 amide bonds. The molecular formula is C21H29ClN6O2. The van der Waals surface area contributed by atoms with Gasteiger partial charge in [-0.3, -0.25) is 15.1 Å². The molecule has 2 saturated heterocycles. The van der Waals surface area contributed by atoms with E-state index in [1.54, 1.807) is 0 Å².